The first kappa shape index (κ1) is 30.1. The lowest BCUT2D eigenvalue weighted by Gasteiger charge is -2.40. The monoisotopic (exact) mass is 608 g/mol. The average molecular weight is 609 g/mol. The number of thioether (sulfide) groups is 1. The number of hydrogen-bond donors (Lipinski definition) is 1. The zero-order valence-electron chi connectivity index (χ0n) is 24.0. The van der Waals surface area contributed by atoms with Crippen LogP contribution < -0.4 is 15.0 Å². The maximum Gasteiger partial charge on any atom is 0.254 e. The van der Waals surface area contributed by atoms with E-state index in [1.807, 2.05) is 17.9 Å². The lowest BCUT2D eigenvalue weighted by molar-refractivity contribution is -0.119. The van der Waals surface area contributed by atoms with Crippen LogP contribution in [0.5, 0.6) is 5.75 Å². The van der Waals surface area contributed by atoms with Crippen molar-refractivity contribution in [1.29, 1.82) is 0 Å². The molecule has 2 fully saturated rings. The van der Waals surface area contributed by atoms with Crippen LogP contribution in [0.15, 0.2) is 65.8 Å². The largest absolute Gasteiger partial charge is 0.497 e. The van der Waals surface area contributed by atoms with E-state index in [0.717, 1.165) is 38.2 Å². The molecule has 11 heteroatoms. The predicted octanol–water partition coefficient (Wildman–Crippen LogP) is 4.36. The summed E-state index contributed by atoms with van der Waals surface area (Å²) in [6.45, 7) is 6.69. The van der Waals surface area contributed by atoms with Gasteiger partial charge in [0.05, 0.1) is 12.9 Å². The quantitative estimate of drug-likeness (QED) is 0.218. The number of ether oxygens (including phenoxy) is 1. The molecule has 1 N–H and O–H groups in total. The molecule has 1 atom stereocenters. The topological polar surface area (TPSA) is 90.9 Å². The standard InChI is InChI=1S/C31H37ClN6O3S/c1-22-19-37(16-17-38(22)30(40)24-8-10-26(41-2)11-9-24)28-18-27(32)34-31(35-28)42-21-29(39)33-25-12-14-36(15-13-25)20-23-6-4-3-5-7-23/h3-11,18,22,25H,12-17,19-21H2,1-2H3,(H,33,39). The number of piperidine rings is 1. The predicted molar refractivity (Wildman–Crippen MR) is 166 cm³/mol. The van der Waals surface area contributed by atoms with Crippen LogP contribution in [0.1, 0.15) is 35.7 Å². The SMILES string of the molecule is COc1ccc(C(=O)N2CCN(c3cc(Cl)nc(SCC(=O)NC4CCN(Cc5ccccc5)CC4)n3)CC2C)cc1. The fraction of sp³-hybridized carbons (Fsp3) is 0.419. The molecule has 5 rings (SSSR count). The van der Waals surface area contributed by atoms with Gasteiger partial charge in [-0.25, -0.2) is 9.97 Å². The van der Waals surface area contributed by atoms with E-state index >= 15 is 0 Å². The number of rotatable bonds is 9. The second-order valence-electron chi connectivity index (χ2n) is 10.7. The molecule has 2 aromatic carbocycles. The Labute approximate surface area is 256 Å². The molecule has 0 bridgehead atoms. The molecule has 1 unspecified atom stereocenters. The Bertz CT molecular complexity index is 1350. The van der Waals surface area contributed by atoms with E-state index in [1.165, 1.54) is 17.3 Å². The molecule has 9 nitrogen and oxygen atoms in total. The van der Waals surface area contributed by atoms with Gasteiger partial charge in [0.1, 0.15) is 16.7 Å². The second kappa shape index (κ2) is 14.2. The van der Waals surface area contributed by atoms with E-state index in [-0.39, 0.29) is 29.7 Å². The number of halogens is 1. The Morgan fingerprint density at radius 3 is 2.45 bits per heavy atom. The summed E-state index contributed by atoms with van der Waals surface area (Å²) in [7, 11) is 1.61. The minimum atomic E-state index is -0.0249. The molecule has 3 aromatic rings. The fourth-order valence-electron chi connectivity index (χ4n) is 5.46. The molecule has 2 amide bonds. The average Bonchev–Trinajstić information content (AvgIpc) is 3.01. The van der Waals surface area contributed by atoms with Gasteiger partial charge in [-0.3, -0.25) is 14.5 Å². The summed E-state index contributed by atoms with van der Waals surface area (Å²) in [6, 6.07) is 19.6. The molecular formula is C31H37ClN6O3S. The Morgan fingerprint density at radius 1 is 1.02 bits per heavy atom. The lowest BCUT2D eigenvalue weighted by atomic mass is 10.0. The van der Waals surface area contributed by atoms with Crippen LogP contribution in [-0.2, 0) is 11.3 Å². The Kier molecular flexibility index (Phi) is 10.2. The number of likely N-dealkylation sites (tertiary alicyclic amines) is 1. The van der Waals surface area contributed by atoms with Gasteiger partial charge in [0.2, 0.25) is 5.91 Å². The maximum absolute atomic E-state index is 13.1. The molecule has 1 aromatic heterocycles. The van der Waals surface area contributed by atoms with Crippen molar-refractivity contribution >= 4 is 41.0 Å². The molecule has 0 spiro atoms. The number of carbonyl (C=O) groups is 2. The molecule has 2 aliphatic heterocycles. The first-order valence-electron chi connectivity index (χ1n) is 14.3. The number of amides is 2. The summed E-state index contributed by atoms with van der Waals surface area (Å²) in [6.07, 6.45) is 1.87. The van der Waals surface area contributed by atoms with Crippen molar-refractivity contribution in [3.05, 3.63) is 76.9 Å². The Balaban J connectivity index is 1.09. The summed E-state index contributed by atoms with van der Waals surface area (Å²) in [5.74, 6) is 1.62. The normalized spacial score (nSPS) is 18.1. The number of nitrogens with zero attached hydrogens (tertiary/aromatic N) is 5. The van der Waals surface area contributed by atoms with Crippen molar-refractivity contribution in [2.45, 2.75) is 43.6 Å². The van der Waals surface area contributed by atoms with Crippen molar-refractivity contribution in [1.82, 2.24) is 25.1 Å². The summed E-state index contributed by atoms with van der Waals surface area (Å²) >= 11 is 7.65. The van der Waals surface area contributed by atoms with Gasteiger partial charge in [-0.15, -0.1) is 0 Å². The molecule has 0 saturated carbocycles. The third-order valence-corrected chi connectivity index (χ3v) is 8.79. The first-order valence-corrected chi connectivity index (χ1v) is 15.7. The van der Waals surface area contributed by atoms with Crippen molar-refractivity contribution in [2.75, 3.05) is 50.5 Å². The zero-order chi connectivity index (χ0) is 29.5. The summed E-state index contributed by atoms with van der Waals surface area (Å²) < 4.78 is 5.20. The van der Waals surface area contributed by atoms with Crippen molar-refractivity contribution in [3.8, 4) is 5.75 Å². The van der Waals surface area contributed by atoms with E-state index in [2.05, 4.69) is 44.4 Å². The number of piperazine rings is 1. The molecule has 42 heavy (non-hydrogen) atoms. The van der Waals surface area contributed by atoms with Gasteiger partial charge in [-0.2, -0.15) is 0 Å². The van der Waals surface area contributed by atoms with Gasteiger partial charge in [0, 0.05) is 63.0 Å². The van der Waals surface area contributed by atoms with Gasteiger partial charge in [-0.1, -0.05) is 53.7 Å². The van der Waals surface area contributed by atoms with Gasteiger partial charge >= 0.3 is 0 Å². The summed E-state index contributed by atoms with van der Waals surface area (Å²) in [5.41, 5.74) is 1.95. The zero-order valence-corrected chi connectivity index (χ0v) is 25.6. The number of nitrogens with one attached hydrogen (secondary N) is 1. The van der Waals surface area contributed by atoms with Crippen molar-refractivity contribution in [3.63, 3.8) is 0 Å². The highest BCUT2D eigenvalue weighted by molar-refractivity contribution is 7.99. The smallest absolute Gasteiger partial charge is 0.254 e. The number of aromatic nitrogens is 2. The van der Waals surface area contributed by atoms with Crippen LogP contribution in [0.2, 0.25) is 5.15 Å². The van der Waals surface area contributed by atoms with Crippen molar-refractivity contribution in [2.24, 2.45) is 0 Å². The molecular weight excluding hydrogens is 572 g/mol. The molecule has 0 radical (unpaired) electrons. The van der Waals surface area contributed by atoms with Gasteiger partial charge in [-0.05, 0) is 49.6 Å². The molecule has 2 saturated heterocycles. The maximum atomic E-state index is 13.1. The van der Waals surface area contributed by atoms with Crippen LogP contribution >= 0.6 is 23.4 Å². The van der Waals surface area contributed by atoms with E-state index in [9.17, 15) is 9.59 Å². The van der Waals surface area contributed by atoms with Crippen molar-refractivity contribution < 1.29 is 14.3 Å². The first-order chi connectivity index (χ1) is 20.4. The lowest BCUT2D eigenvalue weighted by Crippen LogP contribution is -2.54. The van der Waals surface area contributed by atoms with E-state index < -0.39 is 0 Å². The highest BCUT2D eigenvalue weighted by Gasteiger charge is 2.29. The minimum absolute atomic E-state index is 0.00496. The molecule has 2 aliphatic rings. The number of hydrogen-bond acceptors (Lipinski definition) is 8. The Hall–Kier alpha value is -3.34. The van der Waals surface area contributed by atoms with E-state index in [4.69, 9.17) is 21.3 Å². The van der Waals surface area contributed by atoms with Gasteiger partial charge < -0.3 is 19.9 Å². The molecule has 3 heterocycles. The highest BCUT2D eigenvalue weighted by Crippen LogP contribution is 2.25. The minimum Gasteiger partial charge on any atom is -0.497 e. The van der Waals surface area contributed by atoms with E-state index in [1.54, 1.807) is 37.4 Å². The van der Waals surface area contributed by atoms with Crippen LogP contribution in [0.3, 0.4) is 0 Å². The second-order valence-corrected chi connectivity index (χ2v) is 12.1. The number of benzene rings is 2. The third kappa shape index (κ3) is 7.93. The summed E-state index contributed by atoms with van der Waals surface area (Å²) in [4.78, 5) is 41.3. The van der Waals surface area contributed by atoms with Crippen LogP contribution in [0, 0.1) is 0 Å². The third-order valence-electron chi connectivity index (χ3n) is 7.74. The number of anilines is 1. The molecule has 222 valence electrons. The van der Waals surface area contributed by atoms with Crippen LogP contribution in [0.4, 0.5) is 5.82 Å². The fourth-order valence-corrected chi connectivity index (χ4v) is 6.35. The van der Waals surface area contributed by atoms with Gasteiger partial charge in [0.15, 0.2) is 5.16 Å². The summed E-state index contributed by atoms with van der Waals surface area (Å²) in [5, 5.41) is 3.98. The Morgan fingerprint density at radius 2 is 1.76 bits per heavy atom. The van der Waals surface area contributed by atoms with Crippen LogP contribution in [-0.4, -0.2) is 89.3 Å². The highest BCUT2D eigenvalue weighted by atomic mass is 35.5. The number of methoxy groups -OCH3 is 1. The number of carbonyl (C=O) groups excluding carboxylic acids is 2. The van der Waals surface area contributed by atoms with E-state index in [0.29, 0.717) is 41.3 Å². The molecule has 0 aliphatic carbocycles. The van der Waals surface area contributed by atoms with Crippen LogP contribution in [0.25, 0.3) is 0 Å². The van der Waals surface area contributed by atoms with Gasteiger partial charge in [0.25, 0.3) is 5.91 Å².